The van der Waals surface area contributed by atoms with Crippen LogP contribution in [0.5, 0.6) is 0 Å². The predicted octanol–water partition coefficient (Wildman–Crippen LogP) is 4.92. The fourth-order valence-electron chi connectivity index (χ4n) is 4.37. The molecule has 2 unspecified atom stereocenters. The molecule has 2 aliphatic heterocycles. The first kappa shape index (κ1) is 20.5. The second-order valence-corrected chi connectivity index (χ2v) is 9.27. The van der Waals surface area contributed by atoms with Gasteiger partial charge in [-0.05, 0) is 46.7 Å². The highest BCUT2D eigenvalue weighted by atomic mass is 32.2. The van der Waals surface area contributed by atoms with Gasteiger partial charge in [0.15, 0.2) is 0 Å². The van der Waals surface area contributed by atoms with Crippen LogP contribution in [0.4, 0.5) is 10.5 Å². The van der Waals surface area contributed by atoms with Crippen molar-refractivity contribution in [3.63, 3.8) is 0 Å². The first-order valence-electron chi connectivity index (χ1n) is 10.7. The summed E-state index contributed by atoms with van der Waals surface area (Å²) in [6, 6.07) is 24.5. The van der Waals surface area contributed by atoms with Crippen molar-refractivity contribution in [1.82, 2.24) is 5.32 Å². The van der Waals surface area contributed by atoms with Crippen LogP contribution in [-0.4, -0.2) is 22.3 Å². The molecule has 32 heavy (non-hydrogen) atoms. The molecule has 0 aliphatic carbocycles. The van der Waals surface area contributed by atoms with Crippen molar-refractivity contribution in [3.8, 4) is 11.1 Å². The summed E-state index contributed by atoms with van der Waals surface area (Å²) in [5, 5.41) is 4.54. The molecule has 5 nitrogen and oxygen atoms in total. The summed E-state index contributed by atoms with van der Waals surface area (Å²) in [5.74, 6) is -0.448. The molecule has 3 aromatic rings. The molecule has 0 bridgehead atoms. The van der Waals surface area contributed by atoms with Gasteiger partial charge in [-0.3, -0.25) is 19.7 Å². The smallest absolute Gasteiger partial charge is 0.286 e. The topological polar surface area (TPSA) is 75.3 Å². The minimum atomic E-state index is -0.506. The first-order chi connectivity index (χ1) is 15.6. The van der Waals surface area contributed by atoms with Gasteiger partial charge in [-0.1, -0.05) is 78.5 Å². The summed E-state index contributed by atoms with van der Waals surface area (Å²) in [7, 11) is 0. The van der Waals surface area contributed by atoms with Crippen molar-refractivity contribution >= 4 is 34.5 Å². The third-order valence-electron chi connectivity index (χ3n) is 6.06. The van der Waals surface area contributed by atoms with Crippen LogP contribution in [0.15, 0.2) is 72.8 Å². The van der Waals surface area contributed by atoms with Crippen molar-refractivity contribution < 1.29 is 14.4 Å². The molecule has 2 aliphatic rings. The van der Waals surface area contributed by atoms with E-state index in [1.807, 2.05) is 36.4 Å². The zero-order valence-electron chi connectivity index (χ0n) is 17.3. The summed E-state index contributed by atoms with van der Waals surface area (Å²) in [5.41, 5.74) is 6.21. The van der Waals surface area contributed by atoms with E-state index in [0.717, 1.165) is 45.3 Å². The Balaban J connectivity index is 1.46. The Morgan fingerprint density at radius 3 is 2.31 bits per heavy atom. The van der Waals surface area contributed by atoms with Crippen LogP contribution in [0.25, 0.3) is 11.1 Å². The Kier molecular flexibility index (Phi) is 5.53. The van der Waals surface area contributed by atoms with Gasteiger partial charge in [0.25, 0.3) is 5.24 Å². The normalized spacial score (nSPS) is 18.6. The van der Waals surface area contributed by atoms with Crippen molar-refractivity contribution in [2.24, 2.45) is 0 Å². The number of aryl methyl sites for hydroxylation is 1. The number of nitrogens with one attached hydrogen (secondary N) is 2. The van der Waals surface area contributed by atoms with Gasteiger partial charge in [-0.2, -0.15) is 0 Å². The van der Waals surface area contributed by atoms with E-state index in [2.05, 4.69) is 47.0 Å². The lowest BCUT2D eigenvalue weighted by molar-refractivity contribution is -0.119. The highest BCUT2D eigenvalue weighted by Gasteiger charge is 2.39. The lowest BCUT2D eigenvalue weighted by atomic mass is 9.86. The molecule has 0 radical (unpaired) electrons. The van der Waals surface area contributed by atoms with Crippen molar-refractivity contribution in [1.29, 1.82) is 0 Å². The van der Waals surface area contributed by atoms with E-state index in [0.29, 0.717) is 19.3 Å². The quantitative estimate of drug-likeness (QED) is 0.588. The van der Waals surface area contributed by atoms with Gasteiger partial charge in [0.2, 0.25) is 11.8 Å². The van der Waals surface area contributed by atoms with Crippen LogP contribution in [0.2, 0.25) is 0 Å². The molecular weight excluding hydrogens is 420 g/mol. The third kappa shape index (κ3) is 4.18. The van der Waals surface area contributed by atoms with Crippen LogP contribution >= 0.6 is 11.8 Å². The second kappa shape index (κ2) is 8.63. The van der Waals surface area contributed by atoms with Gasteiger partial charge in [-0.25, -0.2) is 0 Å². The molecule has 3 amide bonds. The Hall–Kier alpha value is -3.38. The maximum atomic E-state index is 12.5. The van der Waals surface area contributed by atoms with Gasteiger partial charge >= 0.3 is 0 Å². The summed E-state index contributed by atoms with van der Waals surface area (Å²) in [4.78, 5) is 36.3. The fraction of sp³-hybridized carbons (Fsp3) is 0.192. The lowest BCUT2D eigenvalue weighted by Gasteiger charge is -2.24. The SMILES string of the molecule is O=C1CCc2ccc(C(Cc3ccc(-c4ccccc4)cc3)C3SC(=O)NC3=O)cc2N1. The molecule has 2 heterocycles. The maximum absolute atomic E-state index is 12.5. The van der Waals surface area contributed by atoms with Gasteiger partial charge in [0.05, 0.1) is 0 Å². The van der Waals surface area contributed by atoms with Crippen LogP contribution in [0.1, 0.15) is 29.0 Å². The minimum absolute atomic E-state index is 0.00543. The van der Waals surface area contributed by atoms with Crippen LogP contribution in [0, 0.1) is 0 Å². The number of rotatable bonds is 5. The van der Waals surface area contributed by atoms with Gasteiger partial charge in [0.1, 0.15) is 5.25 Å². The molecule has 160 valence electrons. The number of benzene rings is 3. The van der Waals surface area contributed by atoms with Gasteiger partial charge < -0.3 is 5.32 Å². The molecular formula is C26H22N2O3S. The van der Waals surface area contributed by atoms with Crippen molar-refractivity contribution in [2.45, 2.75) is 30.4 Å². The lowest BCUT2D eigenvalue weighted by Crippen LogP contribution is -2.30. The fourth-order valence-corrected chi connectivity index (χ4v) is 5.35. The summed E-state index contributed by atoms with van der Waals surface area (Å²) in [6.45, 7) is 0. The Morgan fingerprint density at radius 1 is 0.844 bits per heavy atom. The van der Waals surface area contributed by atoms with E-state index < -0.39 is 5.25 Å². The minimum Gasteiger partial charge on any atom is -0.326 e. The van der Waals surface area contributed by atoms with Crippen molar-refractivity contribution in [3.05, 3.63) is 89.5 Å². The number of hydrogen-bond donors (Lipinski definition) is 2. The highest BCUT2D eigenvalue weighted by molar-refractivity contribution is 8.15. The molecule has 1 fully saturated rings. The van der Waals surface area contributed by atoms with E-state index in [1.54, 1.807) is 0 Å². The zero-order chi connectivity index (χ0) is 22.1. The van der Waals surface area contributed by atoms with E-state index in [4.69, 9.17) is 0 Å². The molecule has 0 aromatic heterocycles. The number of hydrogen-bond acceptors (Lipinski definition) is 4. The Morgan fingerprint density at radius 2 is 1.59 bits per heavy atom. The van der Waals surface area contributed by atoms with Gasteiger partial charge in [-0.15, -0.1) is 0 Å². The average Bonchev–Trinajstić information content (AvgIpc) is 3.15. The molecule has 0 saturated carbocycles. The van der Waals surface area contributed by atoms with E-state index in [-0.39, 0.29) is 23.0 Å². The molecule has 2 N–H and O–H groups in total. The van der Waals surface area contributed by atoms with Gasteiger partial charge in [0, 0.05) is 18.0 Å². The molecule has 6 heteroatoms. The van der Waals surface area contributed by atoms with E-state index >= 15 is 0 Å². The van der Waals surface area contributed by atoms with Crippen molar-refractivity contribution in [2.75, 3.05) is 5.32 Å². The molecule has 3 aromatic carbocycles. The highest BCUT2D eigenvalue weighted by Crippen LogP contribution is 2.38. The second-order valence-electron chi connectivity index (χ2n) is 8.15. The number of carbonyl (C=O) groups excluding carboxylic acids is 3. The monoisotopic (exact) mass is 442 g/mol. The van der Waals surface area contributed by atoms with Crippen LogP contribution in [-0.2, 0) is 22.4 Å². The molecule has 1 saturated heterocycles. The zero-order valence-corrected chi connectivity index (χ0v) is 18.2. The first-order valence-corrected chi connectivity index (χ1v) is 11.5. The Bertz CT molecular complexity index is 1190. The molecule has 5 rings (SSSR count). The number of thioether (sulfide) groups is 1. The maximum Gasteiger partial charge on any atom is 0.286 e. The predicted molar refractivity (Wildman–Crippen MR) is 127 cm³/mol. The number of anilines is 1. The summed E-state index contributed by atoms with van der Waals surface area (Å²) >= 11 is 1.05. The molecule has 2 atom stereocenters. The van der Waals surface area contributed by atoms with Crippen LogP contribution in [0.3, 0.4) is 0 Å². The number of imide groups is 1. The third-order valence-corrected chi connectivity index (χ3v) is 7.17. The Labute approximate surface area is 190 Å². The standard InChI is InChI=1S/C26H22N2O3S/c29-23-13-12-19-10-11-20(15-22(19)27-23)21(24-25(30)28-26(31)32-24)14-16-6-8-18(9-7-16)17-4-2-1-3-5-17/h1-11,15,21,24H,12-14H2,(H,27,29)(H,28,30,31). The number of carbonyl (C=O) groups is 3. The largest absolute Gasteiger partial charge is 0.326 e. The number of fused-ring (bicyclic) bond motifs is 1. The number of amides is 3. The summed E-state index contributed by atoms with van der Waals surface area (Å²) < 4.78 is 0. The molecule has 0 spiro atoms. The van der Waals surface area contributed by atoms with Crippen LogP contribution < -0.4 is 10.6 Å². The van der Waals surface area contributed by atoms with E-state index in [9.17, 15) is 14.4 Å². The summed E-state index contributed by atoms with van der Waals surface area (Å²) in [6.07, 6.45) is 1.81. The van der Waals surface area contributed by atoms with E-state index in [1.165, 1.54) is 0 Å². The average molecular weight is 443 g/mol.